The van der Waals surface area contributed by atoms with Gasteiger partial charge in [0.25, 0.3) is 5.91 Å². The minimum absolute atomic E-state index is 0.0354. The number of carbonyl (C=O) groups is 4. The molecule has 1 unspecified atom stereocenters. The molecule has 0 radical (unpaired) electrons. The van der Waals surface area contributed by atoms with E-state index in [1.54, 1.807) is 63.2 Å². The molecule has 2 aliphatic rings. The third kappa shape index (κ3) is 12.5. The summed E-state index contributed by atoms with van der Waals surface area (Å²) in [6.07, 6.45) is 6.82. The lowest BCUT2D eigenvalue weighted by Crippen LogP contribution is -2.33. The summed E-state index contributed by atoms with van der Waals surface area (Å²) >= 11 is 5.69. The lowest BCUT2D eigenvalue weighted by Gasteiger charge is -2.37. The number of hydrogen-bond acceptors (Lipinski definition) is 10. The van der Waals surface area contributed by atoms with Gasteiger partial charge in [-0.15, -0.1) is 11.6 Å². The lowest BCUT2D eigenvalue weighted by molar-refractivity contribution is -0.143. The zero-order valence-electron chi connectivity index (χ0n) is 36.0. The Labute approximate surface area is 359 Å². The molecule has 12 nitrogen and oxygen atoms in total. The maximum absolute atomic E-state index is 13.6. The van der Waals surface area contributed by atoms with Crippen molar-refractivity contribution in [1.82, 2.24) is 10.6 Å². The quantitative estimate of drug-likeness (QED) is 0.0435. The van der Waals surface area contributed by atoms with E-state index in [1.807, 2.05) is 12.1 Å². The van der Waals surface area contributed by atoms with Crippen molar-refractivity contribution >= 4 is 35.4 Å². The van der Waals surface area contributed by atoms with E-state index < -0.39 is 23.0 Å². The molecule has 5 rings (SSSR count). The van der Waals surface area contributed by atoms with Crippen LogP contribution in [0.15, 0.2) is 54.6 Å². The number of fused-ring (bicyclic) bond motifs is 6. The smallest absolute Gasteiger partial charge is 0.340 e. The van der Waals surface area contributed by atoms with Crippen molar-refractivity contribution in [2.75, 3.05) is 52.0 Å². The molecule has 1 spiro atoms. The zero-order chi connectivity index (χ0) is 43.3. The molecule has 2 heterocycles. The fraction of sp³-hybridized carbons (Fsp3) is 0.532. The van der Waals surface area contributed by atoms with Gasteiger partial charge < -0.3 is 39.1 Å². The lowest BCUT2D eigenvalue weighted by atomic mass is 9.77. The molecule has 60 heavy (non-hydrogen) atoms. The van der Waals surface area contributed by atoms with E-state index in [0.29, 0.717) is 110 Å². The van der Waals surface area contributed by atoms with E-state index in [4.69, 9.17) is 40.0 Å². The summed E-state index contributed by atoms with van der Waals surface area (Å²) in [5.74, 6) is 0.965. The third-order valence-corrected chi connectivity index (χ3v) is 10.3. The van der Waals surface area contributed by atoms with E-state index in [0.717, 1.165) is 38.7 Å². The minimum atomic E-state index is -1.47. The van der Waals surface area contributed by atoms with Crippen molar-refractivity contribution in [3.8, 4) is 23.0 Å². The van der Waals surface area contributed by atoms with Crippen molar-refractivity contribution in [1.29, 1.82) is 0 Å². The molecule has 2 aliphatic heterocycles. The summed E-state index contributed by atoms with van der Waals surface area (Å²) in [5, 5.41) is 5.86. The Balaban J connectivity index is 1.18. The maximum atomic E-state index is 13.6. The van der Waals surface area contributed by atoms with Crippen LogP contribution in [0.4, 0.5) is 0 Å². The first-order valence-electron chi connectivity index (χ1n) is 21.1. The van der Waals surface area contributed by atoms with Gasteiger partial charge in [0.15, 0.2) is 5.60 Å². The minimum Gasteiger partial charge on any atom is -0.493 e. The van der Waals surface area contributed by atoms with Crippen molar-refractivity contribution in [3.63, 3.8) is 0 Å². The van der Waals surface area contributed by atoms with Crippen LogP contribution in [0.3, 0.4) is 0 Å². The number of rotatable bonds is 22. The summed E-state index contributed by atoms with van der Waals surface area (Å²) in [5.41, 5.74) is -0.0677. The average molecular weight is 849 g/mol. The topological polar surface area (TPSA) is 148 Å². The molecule has 0 aromatic heterocycles. The highest BCUT2D eigenvalue weighted by molar-refractivity contribution is 6.17. The molecule has 3 aromatic carbocycles. The Morgan fingerprint density at radius 1 is 0.700 bits per heavy atom. The summed E-state index contributed by atoms with van der Waals surface area (Å²) in [6, 6.07) is 15.3. The Kier molecular flexibility index (Phi) is 16.4. The highest BCUT2D eigenvalue weighted by atomic mass is 35.5. The van der Waals surface area contributed by atoms with Crippen molar-refractivity contribution in [2.45, 2.75) is 98.5 Å². The van der Waals surface area contributed by atoms with E-state index in [1.165, 1.54) is 0 Å². The van der Waals surface area contributed by atoms with Crippen LogP contribution >= 0.6 is 11.6 Å². The van der Waals surface area contributed by atoms with Crippen LogP contribution in [0.2, 0.25) is 0 Å². The Hall–Kier alpha value is -4.65. The average Bonchev–Trinajstić information content (AvgIpc) is 3.49. The fourth-order valence-corrected chi connectivity index (χ4v) is 6.94. The van der Waals surface area contributed by atoms with Crippen LogP contribution in [0.1, 0.15) is 130 Å². The highest BCUT2D eigenvalue weighted by Gasteiger charge is 2.54. The van der Waals surface area contributed by atoms with E-state index >= 15 is 0 Å². The van der Waals surface area contributed by atoms with Gasteiger partial charge in [-0.25, -0.2) is 4.79 Å². The number of esters is 2. The third-order valence-electron chi connectivity index (χ3n) is 9.99. The summed E-state index contributed by atoms with van der Waals surface area (Å²) in [4.78, 5) is 52.3. The molecule has 0 bridgehead atoms. The zero-order valence-corrected chi connectivity index (χ0v) is 36.7. The SMILES string of the molecule is CC(C)(C)COc1ccc2c(c1)Oc1cc(OC(=O)C(C)(C)C)ccc1C21OC(=O)c2ccc(C(=O)NCCCCCC(=O)NCCOCCOCCCCCCCl)cc21. The molecule has 0 fully saturated rings. The van der Waals surface area contributed by atoms with Gasteiger partial charge in [0, 0.05) is 66.4 Å². The first-order chi connectivity index (χ1) is 28.6. The first-order valence-corrected chi connectivity index (χ1v) is 21.6. The van der Waals surface area contributed by atoms with Gasteiger partial charge in [-0.3, -0.25) is 14.4 Å². The van der Waals surface area contributed by atoms with Crippen LogP contribution < -0.4 is 24.8 Å². The molecule has 0 saturated heterocycles. The summed E-state index contributed by atoms with van der Waals surface area (Å²) in [6.45, 7) is 15.0. The predicted octanol–water partition coefficient (Wildman–Crippen LogP) is 8.87. The number of hydrogen-bond donors (Lipinski definition) is 2. The molecule has 2 N–H and O–H groups in total. The second kappa shape index (κ2) is 21.2. The van der Waals surface area contributed by atoms with Gasteiger partial charge >= 0.3 is 11.9 Å². The van der Waals surface area contributed by atoms with Crippen molar-refractivity contribution < 1.29 is 47.6 Å². The number of amides is 2. The molecule has 2 amide bonds. The van der Waals surface area contributed by atoms with Crippen molar-refractivity contribution in [2.24, 2.45) is 10.8 Å². The maximum Gasteiger partial charge on any atom is 0.340 e. The number of unbranched alkanes of at least 4 members (excludes halogenated alkanes) is 5. The molecule has 1 atom stereocenters. The van der Waals surface area contributed by atoms with E-state index in [9.17, 15) is 19.2 Å². The van der Waals surface area contributed by atoms with Gasteiger partial charge in [-0.2, -0.15) is 0 Å². The number of ether oxygens (including phenoxy) is 6. The number of nitrogens with one attached hydrogen (secondary N) is 2. The normalized spacial score (nSPS) is 15.3. The monoisotopic (exact) mass is 848 g/mol. The van der Waals surface area contributed by atoms with Crippen LogP contribution in [-0.4, -0.2) is 75.8 Å². The number of carbonyl (C=O) groups excluding carboxylic acids is 4. The highest BCUT2D eigenvalue weighted by Crippen LogP contribution is 2.57. The Morgan fingerprint density at radius 3 is 2.07 bits per heavy atom. The fourth-order valence-electron chi connectivity index (χ4n) is 6.75. The van der Waals surface area contributed by atoms with Crippen LogP contribution in [-0.2, 0) is 29.4 Å². The Morgan fingerprint density at radius 2 is 1.37 bits per heavy atom. The predicted molar refractivity (Wildman–Crippen MR) is 229 cm³/mol. The first kappa shape index (κ1) is 46.4. The second-order valence-corrected chi connectivity index (χ2v) is 17.9. The van der Waals surface area contributed by atoms with Crippen molar-refractivity contribution in [3.05, 3.63) is 82.4 Å². The Bertz CT molecular complexity index is 1970. The number of alkyl halides is 1. The standard InChI is InChI=1S/C47H61ClN2O10/c1-45(2,3)31-57-33-16-19-36-39(29-33)59-40-30-34(58-44(54)46(4,5)6)17-20-37(40)47(36)38-28-32(15-18-35(38)43(53)60-47)42(52)50-22-12-9-10-14-41(51)49-23-25-56-27-26-55-24-13-8-7-11-21-48/h15-20,28-30H,7-14,21-27,31H2,1-6H3,(H,49,51)(H,50,52). The van der Waals surface area contributed by atoms with Gasteiger partial charge in [0.05, 0.1) is 37.4 Å². The van der Waals surface area contributed by atoms with Crippen LogP contribution in [0.25, 0.3) is 0 Å². The van der Waals surface area contributed by atoms with E-state index in [-0.39, 0.29) is 23.0 Å². The van der Waals surface area contributed by atoms with Crippen LogP contribution in [0.5, 0.6) is 23.0 Å². The molecule has 3 aromatic rings. The van der Waals surface area contributed by atoms with Gasteiger partial charge in [-0.05, 0) is 94.3 Å². The van der Waals surface area contributed by atoms with Gasteiger partial charge in [0.2, 0.25) is 5.91 Å². The molecular formula is C47H61ClN2O10. The number of halogens is 1. The molecule has 0 saturated carbocycles. The second-order valence-electron chi connectivity index (χ2n) is 17.5. The largest absolute Gasteiger partial charge is 0.493 e. The molecule has 0 aliphatic carbocycles. The number of benzene rings is 3. The van der Waals surface area contributed by atoms with Crippen LogP contribution in [0, 0.1) is 10.8 Å². The molecule has 326 valence electrons. The van der Waals surface area contributed by atoms with Gasteiger partial charge in [-0.1, -0.05) is 40.0 Å². The molecule has 13 heteroatoms. The summed E-state index contributed by atoms with van der Waals surface area (Å²) < 4.78 is 35.7. The summed E-state index contributed by atoms with van der Waals surface area (Å²) in [7, 11) is 0. The molecular weight excluding hydrogens is 788 g/mol. The van der Waals surface area contributed by atoms with E-state index in [2.05, 4.69) is 31.4 Å². The van der Waals surface area contributed by atoms with Gasteiger partial charge in [0.1, 0.15) is 23.0 Å².